The van der Waals surface area contributed by atoms with E-state index in [9.17, 15) is 9.59 Å². The topological polar surface area (TPSA) is 89.0 Å². The minimum Gasteiger partial charge on any atom is -0.454 e. The molecule has 0 spiro atoms. The number of anilines is 1. The van der Waals surface area contributed by atoms with E-state index < -0.39 is 6.29 Å². The number of nitrogens with one attached hydrogen (secondary N) is 2. The molecule has 0 fully saturated rings. The standard InChI is InChI=1S/C22H25N3O4/c1-3-4-20(26)29-21-12-9-17-13-18(10-11-19(17)28-21)25-22(27)16-7-5-15(6-8-16)14-24-23-2/h5-8,10-11,13-14,21,23H,3-4,9,12H2,1-2H3,(H,25,27). The van der Waals surface area contributed by atoms with Gasteiger partial charge in [0, 0.05) is 31.1 Å². The summed E-state index contributed by atoms with van der Waals surface area (Å²) in [6, 6.07) is 12.6. The number of fused-ring (bicyclic) bond motifs is 1. The lowest BCUT2D eigenvalue weighted by Gasteiger charge is -2.26. The zero-order chi connectivity index (χ0) is 20.6. The van der Waals surface area contributed by atoms with Gasteiger partial charge in [0.15, 0.2) is 0 Å². The van der Waals surface area contributed by atoms with Crippen LogP contribution in [0.4, 0.5) is 5.69 Å². The Bertz CT molecular complexity index is 893. The minimum atomic E-state index is -0.549. The summed E-state index contributed by atoms with van der Waals surface area (Å²) in [4.78, 5) is 24.1. The van der Waals surface area contributed by atoms with Crippen molar-refractivity contribution in [3.63, 3.8) is 0 Å². The molecule has 7 heteroatoms. The largest absolute Gasteiger partial charge is 0.454 e. The highest BCUT2D eigenvalue weighted by Gasteiger charge is 2.23. The maximum Gasteiger partial charge on any atom is 0.308 e. The lowest BCUT2D eigenvalue weighted by atomic mass is 10.0. The molecule has 0 radical (unpaired) electrons. The zero-order valence-corrected chi connectivity index (χ0v) is 16.6. The summed E-state index contributed by atoms with van der Waals surface area (Å²) in [5.41, 5.74) is 5.81. The third-order valence-electron chi connectivity index (χ3n) is 4.46. The van der Waals surface area contributed by atoms with E-state index in [0.29, 0.717) is 36.3 Å². The smallest absolute Gasteiger partial charge is 0.308 e. The van der Waals surface area contributed by atoms with Gasteiger partial charge in [-0.05, 0) is 54.3 Å². The minimum absolute atomic E-state index is 0.190. The molecule has 0 bridgehead atoms. The van der Waals surface area contributed by atoms with E-state index in [-0.39, 0.29) is 11.9 Å². The number of carbonyl (C=O) groups is 2. The van der Waals surface area contributed by atoms with Gasteiger partial charge in [0.1, 0.15) is 5.75 Å². The number of benzene rings is 2. The molecule has 3 rings (SSSR count). The lowest BCUT2D eigenvalue weighted by molar-refractivity contribution is -0.165. The van der Waals surface area contributed by atoms with E-state index in [4.69, 9.17) is 9.47 Å². The van der Waals surface area contributed by atoms with Crippen molar-refractivity contribution in [2.45, 2.75) is 38.9 Å². The van der Waals surface area contributed by atoms with Crippen LogP contribution in [0, 0.1) is 0 Å². The number of hydrogen-bond acceptors (Lipinski definition) is 6. The Labute approximate surface area is 170 Å². The van der Waals surface area contributed by atoms with Crippen molar-refractivity contribution in [1.82, 2.24) is 5.43 Å². The highest BCUT2D eigenvalue weighted by atomic mass is 16.7. The molecule has 0 aromatic heterocycles. The Morgan fingerprint density at radius 1 is 1.24 bits per heavy atom. The van der Waals surface area contributed by atoms with Crippen molar-refractivity contribution in [2.24, 2.45) is 5.10 Å². The first kappa shape index (κ1) is 20.4. The predicted molar refractivity (Wildman–Crippen MR) is 111 cm³/mol. The Kier molecular flexibility index (Phi) is 6.84. The average Bonchev–Trinajstić information content (AvgIpc) is 2.73. The summed E-state index contributed by atoms with van der Waals surface area (Å²) >= 11 is 0. The van der Waals surface area contributed by atoms with Gasteiger partial charge in [-0.1, -0.05) is 19.1 Å². The van der Waals surface area contributed by atoms with Crippen LogP contribution in [0.3, 0.4) is 0 Å². The summed E-state index contributed by atoms with van der Waals surface area (Å²) in [6.07, 6.45) is 3.57. The zero-order valence-electron chi connectivity index (χ0n) is 16.6. The van der Waals surface area contributed by atoms with Gasteiger partial charge in [0.25, 0.3) is 5.91 Å². The molecule has 2 aromatic rings. The van der Waals surface area contributed by atoms with Gasteiger partial charge in [0.2, 0.25) is 6.29 Å². The molecule has 0 aliphatic carbocycles. The fraction of sp³-hybridized carbons (Fsp3) is 0.318. The maximum absolute atomic E-state index is 12.5. The van der Waals surface area contributed by atoms with Crippen molar-refractivity contribution in [2.75, 3.05) is 12.4 Å². The van der Waals surface area contributed by atoms with Crippen LogP contribution in [0.15, 0.2) is 47.6 Å². The highest BCUT2D eigenvalue weighted by molar-refractivity contribution is 6.04. The number of hydrazone groups is 1. The van der Waals surface area contributed by atoms with Crippen LogP contribution in [0.5, 0.6) is 5.75 Å². The third-order valence-corrected chi connectivity index (χ3v) is 4.46. The molecule has 1 atom stereocenters. The average molecular weight is 395 g/mol. The van der Waals surface area contributed by atoms with E-state index in [0.717, 1.165) is 17.5 Å². The maximum atomic E-state index is 12.5. The van der Waals surface area contributed by atoms with Gasteiger partial charge in [-0.25, -0.2) is 0 Å². The van der Waals surface area contributed by atoms with Crippen LogP contribution in [-0.2, 0) is 16.0 Å². The number of carbonyl (C=O) groups excluding carboxylic acids is 2. The molecule has 1 aliphatic rings. The molecular weight excluding hydrogens is 370 g/mol. The van der Waals surface area contributed by atoms with Gasteiger partial charge in [0.05, 0.1) is 6.21 Å². The molecule has 1 aliphatic heterocycles. The first-order valence-corrected chi connectivity index (χ1v) is 9.69. The monoisotopic (exact) mass is 395 g/mol. The number of rotatable bonds is 7. The molecule has 0 saturated heterocycles. The number of ether oxygens (including phenoxy) is 2. The summed E-state index contributed by atoms with van der Waals surface area (Å²) in [5, 5.41) is 6.85. The van der Waals surface area contributed by atoms with Crippen LogP contribution in [-0.4, -0.2) is 31.4 Å². The quantitative estimate of drug-likeness (QED) is 0.426. The molecule has 2 N–H and O–H groups in total. The molecule has 29 heavy (non-hydrogen) atoms. The highest BCUT2D eigenvalue weighted by Crippen LogP contribution is 2.30. The second-order valence-electron chi connectivity index (χ2n) is 6.71. The number of hydrogen-bond donors (Lipinski definition) is 2. The predicted octanol–water partition coefficient (Wildman–Crippen LogP) is 3.49. The Hall–Kier alpha value is -3.35. The van der Waals surface area contributed by atoms with Crippen LogP contribution < -0.4 is 15.5 Å². The molecule has 1 heterocycles. The second kappa shape index (κ2) is 9.73. The van der Waals surface area contributed by atoms with Crippen LogP contribution in [0.25, 0.3) is 0 Å². The van der Waals surface area contributed by atoms with Crippen molar-refractivity contribution >= 4 is 23.8 Å². The molecule has 0 saturated carbocycles. The molecule has 1 unspecified atom stereocenters. The van der Waals surface area contributed by atoms with Crippen molar-refractivity contribution in [3.8, 4) is 5.75 Å². The number of esters is 1. The van der Waals surface area contributed by atoms with Crippen LogP contribution >= 0.6 is 0 Å². The van der Waals surface area contributed by atoms with Gasteiger partial charge in [-0.3, -0.25) is 9.59 Å². The van der Waals surface area contributed by atoms with Gasteiger partial charge in [-0.2, -0.15) is 5.10 Å². The first-order valence-electron chi connectivity index (χ1n) is 9.69. The third kappa shape index (κ3) is 5.57. The summed E-state index contributed by atoms with van der Waals surface area (Å²) < 4.78 is 11.1. The van der Waals surface area contributed by atoms with Gasteiger partial charge >= 0.3 is 5.97 Å². The Balaban J connectivity index is 1.61. The molecule has 1 amide bonds. The van der Waals surface area contributed by atoms with Crippen molar-refractivity contribution < 1.29 is 19.1 Å². The second-order valence-corrected chi connectivity index (χ2v) is 6.71. The van der Waals surface area contributed by atoms with Gasteiger partial charge in [-0.15, -0.1) is 0 Å². The van der Waals surface area contributed by atoms with E-state index in [1.807, 2.05) is 25.1 Å². The number of amides is 1. The molecular formula is C22H25N3O4. The lowest BCUT2D eigenvalue weighted by Crippen LogP contribution is -2.28. The SMILES string of the molecule is CCCC(=O)OC1CCc2cc(NC(=O)c3ccc(C=NNC)cc3)ccc2O1. The van der Waals surface area contributed by atoms with E-state index in [1.54, 1.807) is 37.5 Å². The molecule has 152 valence electrons. The summed E-state index contributed by atoms with van der Waals surface area (Å²) in [6.45, 7) is 1.93. The molecule has 2 aromatic carbocycles. The van der Waals surface area contributed by atoms with E-state index in [2.05, 4.69) is 15.8 Å². The van der Waals surface area contributed by atoms with E-state index in [1.165, 1.54) is 0 Å². The molecule has 7 nitrogen and oxygen atoms in total. The first-order chi connectivity index (χ1) is 14.1. The Morgan fingerprint density at radius 2 is 2.03 bits per heavy atom. The number of nitrogens with zero attached hydrogens (tertiary/aromatic N) is 1. The van der Waals surface area contributed by atoms with Crippen molar-refractivity contribution in [1.29, 1.82) is 0 Å². The summed E-state index contributed by atoms with van der Waals surface area (Å²) in [7, 11) is 1.72. The fourth-order valence-corrected chi connectivity index (χ4v) is 3.00. The summed E-state index contributed by atoms with van der Waals surface area (Å²) in [5.74, 6) is 0.245. The number of aryl methyl sites for hydroxylation is 1. The van der Waals surface area contributed by atoms with E-state index >= 15 is 0 Å². The normalized spacial score (nSPS) is 15.3. The van der Waals surface area contributed by atoms with Crippen LogP contribution in [0.2, 0.25) is 0 Å². The van der Waals surface area contributed by atoms with Crippen LogP contribution in [0.1, 0.15) is 47.7 Å². The Morgan fingerprint density at radius 3 is 2.76 bits per heavy atom. The van der Waals surface area contributed by atoms with Gasteiger partial charge < -0.3 is 20.2 Å². The fourth-order valence-electron chi connectivity index (χ4n) is 3.00. The van der Waals surface area contributed by atoms with Crippen molar-refractivity contribution in [3.05, 3.63) is 59.2 Å².